The molecule has 0 aliphatic heterocycles. The van der Waals surface area contributed by atoms with Gasteiger partial charge in [-0.05, 0) is 65.9 Å². The molecule has 0 aliphatic rings. The van der Waals surface area contributed by atoms with Gasteiger partial charge in [-0.15, -0.1) is 0 Å². The number of rotatable bonds is 6. The van der Waals surface area contributed by atoms with Gasteiger partial charge < -0.3 is 14.5 Å². The van der Waals surface area contributed by atoms with Crippen LogP contribution >= 0.6 is 0 Å². The Bertz CT molecular complexity index is 1320. The predicted octanol–water partition coefficient (Wildman–Crippen LogP) is 5.91. The van der Waals surface area contributed by atoms with E-state index in [2.05, 4.69) is 19.2 Å². The molecule has 3 aromatic carbocycles. The average Bonchev–Trinajstić information content (AvgIpc) is 2.78. The van der Waals surface area contributed by atoms with Gasteiger partial charge in [0.2, 0.25) is 0 Å². The van der Waals surface area contributed by atoms with Crippen molar-refractivity contribution in [2.45, 2.75) is 26.7 Å². The molecule has 0 radical (unpaired) electrons. The summed E-state index contributed by atoms with van der Waals surface area (Å²) in [7, 11) is 0. The Morgan fingerprint density at radius 3 is 2.44 bits per heavy atom. The number of hydrogen-bond donors (Lipinski definition) is 1. The predicted molar refractivity (Wildman–Crippen MR) is 127 cm³/mol. The van der Waals surface area contributed by atoms with E-state index in [9.17, 15) is 9.59 Å². The van der Waals surface area contributed by atoms with Crippen molar-refractivity contribution in [1.82, 2.24) is 0 Å². The highest BCUT2D eigenvalue weighted by Gasteiger charge is 2.12. The minimum Gasteiger partial charge on any atom is -0.484 e. The third kappa shape index (κ3) is 4.72. The van der Waals surface area contributed by atoms with Crippen LogP contribution in [0.3, 0.4) is 0 Å². The lowest BCUT2D eigenvalue weighted by molar-refractivity contribution is -0.118. The maximum absolute atomic E-state index is 12.5. The quantitative estimate of drug-likeness (QED) is 0.389. The van der Waals surface area contributed by atoms with Crippen molar-refractivity contribution >= 4 is 22.6 Å². The fourth-order valence-corrected chi connectivity index (χ4v) is 3.59. The van der Waals surface area contributed by atoms with Crippen LogP contribution in [0.15, 0.2) is 82.0 Å². The smallest absolute Gasteiger partial charge is 0.344 e. The third-order valence-corrected chi connectivity index (χ3v) is 5.36. The summed E-state index contributed by atoms with van der Waals surface area (Å²) in [5.74, 6) is 0.842. The molecule has 0 saturated carbocycles. The first-order valence-electron chi connectivity index (χ1n) is 10.6. The molecule has 1 heterocycles. The van der Waals surface area contributed by atoms with Gasteiger partial charge >= 0.3 is 5.63 Å². The number of benzene rings is 3. The molecule has 4 aromatic rings. The summed E-state index contributed by atoms with van der Waals surface area (Å²) in [5, 5.41) is 3.70. The van der Waals surface area contributed by atoms with Crippen LogP contribution in [0.25, 0.3) is 22.1 Å². The number of ether oxygens (including phenoxy) is 1. The van der Waals surface area contributed by atoms with E-state index in [1.807, 2.05) is 67.6 Å². The first kappa shape index (κ1) is 21.4. The monoisotopic (exact) mass is 427 g/mol. The molecule has 1 N–H and O–H groups in total. The summed E-state index contributed by atoms with van der Waals surface area (Å²) in [6.07, 6.45) is 0. The Balaban J connectivity index is 1.45. The van der Waals surface area contributed by atoms with Crippen molar-refractivity contribution in [3.05, 3.63) is 94.3 Å². The van der Waals surface area contributed by atoms with E-state index in [-0.39, 0.29) is 18.1 Å². The third-order valence-electron chi connectivity index (χ3n) is 5.36. The van der Waals surface area contributed by atoms with E-state index in [4.69, 9.17) is 9.15 Å². The van der Waals surface area contributed by atoms with Gasteiger partial charge in [0.25, 0.3) is 5.91 Å². The average molecular weight is 428 g/mol. The normalized spacial score (nSPS) is 11.0. The fraction of sp³-hybridized carbons (Fsp3) is 0.185. The maximum Gasteiger partial charge on any atom is 0.344 e. The molecule has 1 aromatic heterocycles. The van der Waals surface area contributed by atoms with Gasteiger partial charge in [-0.3, -0.25) is 4.79 Å². The minimum atomic E-state index is -0.388. The van der Waals surface area contributed by atoms with Crippen molar-refractivity contribution in [2.24, 2.45) is 0 Å². The molecule has 1 amide bonds. The summed E-state index contributed by atoms with van der Waals surface area (Å²) >= 11 is 0. The maximum atomic E-state index is 12.5. The molecule has 0 bridgehead atoms. The highest BCUT2D eigenvalue weighted by molar-refractivity contribution is 5.92. The molecule has 4 rings (SSSR count). The number of amides is 1. The second-order valence-corrected chi connectivity index (χ2v) is 8.08. The number of fused-ring (bicyclic) bond motifs is 1. The minimum absolute atomic E-state index is 0.0872. The van der Waals surface area contributed by atoms with Crippen LogP contribution in [-0.4, -0.2) is 12.5 Å². The van der Waals surface area contributed by atoms with Crippen molar-refractivity contribution in [1.29, 1.82) is 0 Å². The van der Waals surface area contributed by atoms with Gasteiger partial charge in [0.15, 0.2) is 6.61 Å². The van der Waals surface area contributed by atoms with Crippen LogP contribution in [0.2, 0.25) is 0 Å². The molecule has 5 heteroatoms. The van der Waals surface area contributed by atoms with Crippen LogP contribution in [-0.2, 0) is 4.79 Å². The highest BCUT2D eigenvalue weighted by Crippen LogP contribution is 2.26. The lowest BCUT2D eigenvalue weighted by Crippen LogP contribution is -2.20. The van der Waals surface area contributed by atoms with Gasteiger partial charge in [-0.2, -0.15) is 0 Å². The van der Waals surface area contributed by atoms with Gasteiger partial charge in [-0.1, -0.05) is 50.2 Å². The van der Waals surface area contributed by atoms with Gasteiger partial charge in [0.05, 0.1) is 5.56 Å². The van der Waals surface area contributed by atoms with Crippen LogP contribution in [0.1, 0.15) is 30.9 Å². The van der Waals surface area contributed by atoms with Gasteiger partial charge in [0, 0.05) is 11.1 Å². The van der Waals surface area contributed by atoms with Gasteiger partial charge in [-0.25, -0.2) is 4.79 Å². The topological polar surface area (TPSA) is 68.5 Å². The second-order valence-electron chi connectivity index (χ2n) is 8.08. The molecule has 0 spiro atoms. The van der Waals surface area contributed by atoms with E-state index in [0.717, 1.165) is 16.5 Å². The molecule has 162 valence electrons. The molecule has 0 unspecified atom stereocenters. The van der Waals surface area contributed by atoms with E-state index < -0.39 is 0 Å². The van der Waals surface area contributed by atoms with Crippen molar-refractivity contribution < 1.29 is 13.9 Å². The Morgan fingerprint density at radius 2 is 1.72 bits per heavy atom. The van der Waals surface area contributed by atoms with Crippen molar-refractivity contribution in [3.8, 4) is 16.9 Å². The summed E-state index contributed by atoms with van der Waals surface area (Å²) in [4.78, 5) is 24.8. The molecule has 0 saturated heterocycles. The highest BCUT2D eigenvalue weighted by atomic mass is 16.5. The first-order valence-corrected chi connectivity index (χ1v) is 10.6. The molecule has 0 aliphatic carbocycles. The molecule has 0 atom stereocenters. The summed E-state index contributed by atoms with van der Waals surface area (Å²) in [5.41, 5.74) is 4.15. The number of anilines is 1. The Morgan fingerprint density at radius 1 is 0.969 bits per heavy atom. The fourth-order valence-electron chi connectivity index (χ4n) is 3.59. The lowest BCUT2D eigenvalue weighted by Gasteiger charge is -2.11. The Labute approximate surface area is 186 Å². The van der Waals surface area contributed by atoms with Crippen LogP contribution < -0.4 is 15.7 Å². The van der Waals surface area contributed by atoms with Crippen LogP contribution in [0.4, 0.5) is 5.69 Å². The molecule has 0 fully saturated rings. The Kier molecular flexibility index (Phi) is 6.08. The lowest BCUT2D eigenvalue weighted by atomic mass is 10.0. The van der Waals surface area contributed by atoms with Gasteiger partial charge in [0.1, 0.15) is 11.3 Å². The van der Waals surface area contributed by atoms with Crippen LogP contribution in [0, 0.1) is 6.92 Å². The zero-order valence-corrected chi connectivity index (χ0v) is 18.3. The molecule has 32 heavy (non-hydrogen) atoms. The summed E-state index contributed by atoms with van der Waals surface area (Å²) in [6, 6.07) is 22.4. The van der Waals surface area contributed by atoms with E-state index in [1.165, 1.54) is 5.56 Å². The number of carbonyl (C=O) groups is 1. The van der Waals surface area contributed by atoms with Crippen molar-refractivity contribution in [3.63, 3.8) is 0 Å². The largest absolute Gasteiger partial charge is 0.484 e. The van der Waals surface area contributed by atoms with Crippen LogP contribution in [0.5, 0.6) is 5.75 Å². The first-order chi connectivity index (χ1) is 15.4. The number of carbonyl (C=O) groups excluding carboxylic acids is 1. The number of hydrogen-bond acceptors (Lipinski definition) is 4. The number of aryl methyl sites for hydroxylation is 1. The summed E-state index contributed by atoms with van der Waals surface area (Å²) < 4.78 is 11.0. The summed E-state index contributed by atoms with van der Waals surface area (Å²) in [6.45, 7) is 6.06. The molecular formula is C27H25NO4. The number of para-hydroxylation sites is 1. The van der Waals surface area contributed by atoms with E-state index in [0.29, 0.717) is 28.5 Å². The zero-order valence-electron chi connectivity index (χ0n) is 18.3. The second kappa shape index (κ2) is 9.10. The Hall–Kier alpha value is -3.86. The van der Waals surface area contributed by atoms with E-state index >= 15 is 0 Å². The molecular weight excluding hydrogens is 402 g/mol. The standard InChI is InChI=1S/C27H25NO4/c1-17(2)19-8-11-22(12-9-19)31-16-26(29)28-21-10-13-23(18(3)14-21)24-15-20-6-4-5-7-25(20)32-27(24)30/h4-15,17H,16H2,1-3H3,(H,28,29). The zero-order chi connectivity index (χ0) is 22.7. The number of nitrogens with one attached hydrogen (secondary N) is 1. The van der Waals surface area contributed by atoms with E-state index in [1.54, 1.807) is 12.1 Å². The molecule has 5 nitrogen and oxygen atoms in total. The SMILES string of the molecule is Cc1cc(NC(=O)COc2ccc(C(C)C)cc2)ccc1-c1cc2ccccc2oc1=O. The van der Waals surface area contributed by atoms with Crippen molar-refractivity contribution in [2.75, 3.05) is 11.9 Å².